The van der Waals surface area contributed by atoms with Gasteiger partial charge in [-0.25, -0.2) is 0 Å². The van der Waals surface area contributed by atoms with E-state index in [4.69, 9.17) is 5.73 Å². The molecule has 3 rings (SSSR count). The lowest BCUT2D eigenvalue weighted by Crippen LogP contribution is -2.62. The number of hydrogen-bond acceptors (Lipinski definition) is 3. The van der Waals surface area contributed by atoms with Gasteiger partial charge in [0, 0.05) is 44.0 Å². The Balaban J connectivity index is 1.67. The highest BCUT2D eigenvalue weighted by Gasteiger charge is 2.55. The Labute approximate surface area is 129 Å². The van der Waals surface area contributed by atoms with Crippen molar-refractivity contribution < 1.29 is 0 Å². The van der Waals surface area contributed by atoms with Gasteiger partial charge in [0.25, 0.3) is 0 Å². The van der Waals surface area contributed by atoms with Crippen molar-refractivity contribution in [3.63, 3.8) is 0 Å². The average Bonchev–Trinajstić information content (AvgIpc) is 3.26. The first-order chi connectivity index (χ1) is 9.98. The van der Waals surface area contributed by atoms with E-state index in [0.717, 1.165) is 32.7 Å². The van der Waals surface area contributed by atoms with Crippen LogP contribution in [0.4, 0.5) is 5.69 Å². The van der Waals surface area contributed by atoms with E-state index in [1.165, 1.54) is 24.1 Å². The Morgan fingerprint density at radius 3 is 2.38 bits per heavy atom. The van der Waals surface area contributed by atoms with Crippen LogP contribution in [0, 0.1) is 12.3 Å². The van der Waals surface area contributed by atoms with Gasteiger partial charge in [-0.3, -0.25) is 4.90 Å². The standard InChI is InChI=1S/C18H29N3/c1-15-5-4-6-16(13-15)20-9-11-21(12-10-20)18(3,14-19)17(2)7-8-17/h4-6,13H,7-12,14,19H2,1-3H3. The second-order valence-corrected chi connectivity index (χ2v) is 7.35. The van der Waals surface area contributed by atoms with Crippen LogP contribution in [0.25, 0.3) is 0 Å². The lowest BCUT2D eigenvalue weighted by Gasteiger charge is -2.49. The van der Waals surface area contributed by atoms with E-state index in [1.54, 1.807) is 0 Å². The maximum Gasteiger partial charge on any atom is 0.0369 e. The van der Waals surface area contributed by atoms with E-state index in [2.05, 4.69) is 54.8 Å². The summed E-state index contributed by atoms with van der Waals surface area (Å²) in [6, 6.07) is 8.85. The molecule has 1 aliphatic heterocycles. The Bertz CT molecular complexity index is 501. The van der Waals surface area contributed by atoms with Crippen molar-refractivity contribution in [1.82, 2.24) is 4.90 Å². The van der Waals surface area contributed by atoms with Crippen molar-refractivity contribution in [2.24, 2.45) is 11.1 Å². The predicted octanol–water partition coefficient (Wildman–Crippen LogP) is 2.63. The molecule has 1 saturated carbocycles. The normalized spacial score (nSPS) is 24.7. The fourth-order valence-electron chi connectivity index (χ4n) is 3.77. The maximum atomic E-state index is 6.17. The van der Waals surface area contributed by atoms with E-state index in [0.29, 0.717) is 5.41 Å². The van der Waals surface area contributed by atoms with Crippen LogP contribution in [0.3, 0.4) is 0 Å². The molecule has 1 saturated heterocycles. The molecule has 2 N–H and O–H groups in total. The monoisotopic (exact) mass is 287 g/mol. The van der Waals surface area contributed by atoms with E-state index >= 15 is 0 Å². The lowest BCUT2D eigenvalue weighted by atomic mass is 9.81. The molecule has 0 radical (unpaired) electrons. The summed E-state index contributed by atoms with van der Waals surface area (Å²) >= 11 is 0. The third-order valence-electron chi connectivity index (χ3n) is 6.04. The fraction of sp³-hybridized carbons (Fsp3) is 0.667. The number of aryl methyl sites for hydroxylation is 1. The first-order valence-corrected chi connectivity index (χ1v) is 8.25. The minimum atomic E-state index is 0.172. The quantitative estimate of drug-likeness (QED) is 0.924. The highest BCUT2D eigenvalue weighted by molar-refractivity contribution is 5.48. The first kappa shape index (κ1) is 14.9. The number of benzene rings is 1. The molecular formula is C18H29N3. The topological polar surface area (TPSA) is 32.5 Å². The summed E-state index contributed by atoms with van der Waals surface area (Å²) in [6.45, 7) is 12.2. The highest BCUT2D eigenvalue weighted by atomic mass is 15.3. The molecule has 3 heteroatoms. The minimum absolute atomic E-state index is 0.172. The Morgan fingerprint density at radius 2 is 1.86 bits per heavy atom. The first-order valence-electron chi connectivity index (χ1n) is 8.25. The maximum absolute atomic E-state index is 6.17. The van der Waals surface area contributed by atoms with Crippen LogP contribution in [0.2, 0.25) is 0 Å². The minimum Gasteiger partial charge on any atom is -0.369 e. The Hall–Kier alpha value is -1.06. The molecule has 116 valence electrons. The SMILES string of the molecule is Cc1cccc(N2CCN(C(C)(CN)C3(C)CC3)CC2)c1. The van der Waals surface area contributed by atoms with Crippen molar-refractivity contribution >= 4 is 5.69 Å². The summed E-state index contributed by atoms with van der Waals surface area (Å²) in [5, 5.41) is 0. The van der Waals surface area contributed by atoms with Gasteiger partial charge in [-0.15, -0.1) is 0 Å². The van der Waals surface area contributed by atoms with Gasteiger partial charge in [-0.2, -0.15) is 0 Å². The Morgan fingerprint density at radius 1 is 1.19 bits per heavy atom. The lowest BCUT2D eigenvalue weighted by molar-refractivity contribution is 0.0425. The van der Waals surface area contributed by atoms with Gasteiger partial charge >= 0.3 is 0 Å². The molecule has 1 aromatic carbocycles. The molecule has 2 fully saturated rings. The molecule has 0 spiro atoms. The molecule has 1 heterocycles. The van der Waals surface area contributed by atoms with Crippen molar-refractivity contribution in [2.75, 3.05) is 37.6 Å². The van der Waals surface area contributed by atoms with Crippen LogP contribution in [0.15, 0.2) is 24.3 Å². The van der Waals surface area contributed by atoms with Crippen LogP contribution < -0.4 is 10.6 Å². The molecule has 2 aliphatic rings. The number of nitrogens with zero attached hydrogens (tertiary/aromatic N) is 2. The van der Waals surface area contributed by atoms with E-state index < -0.39 is 0 Å². The number of rotatable bonds is 4. The molecule has 0 bridgehead atoms. The zero-order valence-corrected chi connectivity index (χ0v) is 13.7. The molecule has 3 nitrogen and oxygen atoms in total. The summed E-state index contributed by atoms with van der Waals surface area (Å²) < 4.78 is 0. The largest absolute Gasteiger partial charge is 0.369 e. The molecule has 1 unspecified atom stereocenters. The molecule has 1 aliphatic carbocycles. The molecule has 1 atom stereocenters. The van der Waals surface area contributed by atoms with Crippen LogP contribution >= 0.6 is 0 Å². The number of piperazine rings is 1. The van der Waals surface area contributed by atoms with Gasteiger partial charge in [0.1, 0.15) is 0 Å². The second-order valence-electron chi connectivity index (χ2n) is 7.35. The summed E-state index contributed by atoms with van der Waals surface area (Å²) in [6.07, 6.45) is 2.66. The van der Waals surface area contributed by atoms with Crippen molar-refractivity contribution in [1.29, 1.82) is 0 Å². The van der Waals surface area contributed by atoms with Gasteiger partial charge in [0.05, 0.1) is 0 Å². The van der Waals surface area contributed by atoms with Gasteiger partial charge in [0.2, 0.25) is 0 Å². The molecule has 1 aromatic rings. The van der Waals surface area contributed by atoms with Crippen LogP contribution in [-0.4, -0.2) is 43.2 Å². The van der Waals surface area contributed by atoms with Crippen LogP contribution in [0.1, 0.15) is 32.3 Å². The third kappa shape index (κ3) is 2.58. The summed E-state index contributed by atoms with van der Waals surface area (Å²) in [4.78, 5) is 5.15. The average molecular weight is 287 g/mol. The Kier molecular flexibility index (Phi) is 3.74. The van der Waals surface area contributed by atoms with Gasteiger partial charge in [0.15, 0.2) is 0 Å². The fourth-order valence-corrected chi connectivity index (χ4v) is 3.77. The van der Waals surface area contributed by atoms with Crippen molar-refractivity contribution in [2.45, 2.75) is 39.2 Å². The second kappa shape index (κ2) is 5.29. The van der Waals surface area contributed by atoms with Crippen molar-refractivity contribution in [3.05, 3.63) is 29.8 Å². The van der Waals surface area contributed by atoms with Gasteiger partial charge in [-0.05, 0) is 49.8 Å². The summed E-state index contributed by atoms with van der Waals surface area (Å²) in [5.74, 6) is 0. The molecule has 0 amide bonds. The number of nitrogens with two attached hydrogens (primary N) is 1. The van der Waals surface area contributed by atoms with Gasteiger partial charge < -0.3 is 10.6 Å². The summed E-state index contributed by atoms with van der Waals surface area (Å²) in [7, 11) is 0. The predicted molar refractivity (Wildman–Crippen MR) is 89.8 cm³/mol. The van der Waals surface area contributed by atoms with Crippen LogP contribution in [-0.2, 0) is 0 Å². The number of hydrogen-bond donors (Lipinski definition) is 1. The summed E-state index contributed by atoms with van der Waals surface area (Å²) in [5.41, 5.74) is 9.49. The molecular weight excluding hydrogens is 258 g/mol. The smallest absolute Gasteiger partial charge is 0.0369 e. The van der Waals surface area contributed by atoms with Gasteiger partial charge in [-0.1, -0.05) is 19.1 Å². The number of anilines is 1. The third-order valence-corrected chi connectivity index (χ3v) is 6.04. The highest BCUT2D eigenvalue weighted by Crippen LogP contribution is 2.55. The zero-order chi connectivity index (χ0) is 15.1. The van der Waals surface area contributed by atoms with Crippen LogP contribution in [0.5, 0.6) is 0 Å². The van der Waals surface area contributed by atoms with E-state index in [1.807, 2.05) is 0 Å². The zero-order valence-electron chi connectivity index (χ0n) is 13.7. The van der Waals surface area contributed by atoms with Crippen molar-refractivity contribution in [3.8, 4) is 0 Å². The molecule has 0 aromatic heterocycles. The van der Waals surface area contributed by atoms with E-state index in [-0.39, 0.29) is 5.54 Å². The van der Waals surface area contributed by atoms with E-state index in [9.17, 15) is 0 Å². The molecule has 21 heavy (non-hydrogen) atoms.